The molecule has 4 heteroatoms. The molecule has 8 aromatic carbocycles. The summed E-state index contributed by atoms with van der Waals surface area (Å²) in [5, 5.41) is 2.41. The normalized spacial score (nSPS) is 12.5. The Balaban J connectivity index is 1.30. The van der Waals surface area contributed by atoms with Crippen LogP contribution in [0, 0.1) is 0 Å². The van der Waals surface area contributed by atoms with Gasteiger partial charge in [0, 0.05) is 49.7 Å². The van der Waals surface area contributed by atoms with Crippen LogP contribution in [0.1, 0.15) is 18.4 Å². The highest BCUT2D eigenvalue weighted by atomic mass is 15.0. The van der Waals surface area contributed by atoms with Crippen molar-refractivity contribution >= 4 is 27.4 Å². The molecule has 10 aromatic rings. The fraction of sp³-hybridized carbons (Fsp3) is 0.0351. The maximum Gasteiger partial charge on any atom is 0.164 e. The summed E-state index contributed by atoms with van der Waals surface area (Å²) < 4.78 is 2.57. The summed E-state index contributed by atoms with van der Waals surface area (Å²) in [5.74, 6) is 1.89. The second-order valence-electron chi connectivity index (χ2n) is 15.4. The first-order chi connectivity index (χ1) is 30.3. The monoisotopic (exact) mass is 780 g/mol. The Kier molecular flexibility index (Phi) is 9.29. The first-order valence-electron chi connectivity index (χ1n) is 20.9. The van der Waals surface area contributed by atoms with Gasteiger partial charge >= 0.3 is 0 Å². The molecule has 0 bridgehead atoms. The fourth-order valence-electron chi connectivity index (χ4n) is 8.85. The number of fused-ring (bicyclic) bond motifs is 3. The van der Waals surface area contributed by atoms with Gasteiger partial charge in [-0.05, 0) is 47.2 Å². The number of rotatable bonds is 8. The third kappa shape index (κ3) is 6.65. The zero-order chi connectivity index (χ0) is 40.5. The summed E-state index contributed by atoms with van der Waals surface area (Å²) in [4.78, 5) is 15.6. The van der Waals surface area contributed by atoms with Crippen LogP contribution < -0.4 is 0 Å². The summed E-state index contributed by atoms with van der Waals surface area (Å²) >= 11 is 0. The number of para-hydroxylation sites is 2. The molecule has 288 valence electrons. The predicted molar refractivity (Wildman–Crippen MR) is 253 cm³/mol. The van der Waals surface area contributed by atoms with Crippen molar-refractivity contribution in [3.8, 4) is 73.2 Å². The van der Waals surface area contributed by atoms with Gasteiger partial charge in [-0.15, -0.1) is 0 Å². The van der Waals surface area contributed by atoms with E-state index in [1.165, 1.54) is 38.6 Å². The number of nitrogens with zero attached hydrogens (tertiary/aromatic N) is 4. The van der Waals surface area contributed by atoms with Crippen molar-refractivity contribution in [1.82, 2.24) is 19.5 Å². The molecule has 0 saturated carbocycles. The molecule has 1 aliphatic rings. The maximum atomic E-state index is 5.25. The standard InChI is InChI=1S/C57H40N4/c1-7-21-39(22-8-1)46-33-19-35-48-49-36-20-34-47(40-23-9-2-10-24-40)53(49)61(52(46)48)54-50(41-25-11-3-12-26-41)37-45(38-51(54)42-27-13-4-14-28-42)57-59-55(43-29-15-5-16-30-43)58-56(60-57)44-31-17-6-18-32-44/h1-3,5-13,15-38H,4,14H2. The first kappa shape index (κ1) is 36.2. The molecule has 1 aliphatic carbocycles. The topological polar surface area (TPSA) is 43.6 Å². The van der Waals surface area contributed by atoms with Gasteiger partial charge in [-0.3, -0.25) is 0 Å². The highest BCUT2D eigenvalue weighted by Gasteiger charge is 2.26. The molecule has 0 unspecified atom stereocenters. The van der Waals surface area contributed by atoms with Crippen LogP contribution in [0.25, 0.3) is 101 Å². The third-order valence-electron chi connectivity index (χ3n) is 11.7. The minimum atomic E-state index is 0.621. The van der Waals surface area contributed by atoms with Crippen molar-refractivity contribution < 1.29 is 0 Å². The van der Waals surface area contributed by atoms with E-state index in [4.69, 9.17) is 15.0 Å². The molecule has 0 atom stereocenters. The quantitative estimate of drug-likeness (QED) is 0.154. The van der Waals surface area contributed by atoms with E-state index in [1.54, 1.807) is 0 Å². The van der Waals surface area contributed by atoms with E-state index in [9.17, 15) is 0 Å². The SMILES string of the molecule is C1=CC(c2cc(-c3nc(-c4ccccc4)nc(-c4ccccc4)n3)cc(-c3ccccc3)c2-n2c3c(-c4ccccc4)cccc3c3cccc(-c4ccccc4)c32)=CCC1. The molecular formula is C57H40N4. The highest BCUT2D eigenvalue weighted by molar-refractivity contribution is 6.18. The Morgan fingerprint density at radius 1 is 0.344 bits per heavy atom. The average molecular weight is 781 g/mol. The lowest BCUT2D eigenvalue weighted by Crippen LogP contribution is -2.06. The van der Waals surface area contributed by atoms with Gasteiger partial charge in [0.05, 0.1) is 16.7 Å². The van der Waals surface area contributed by atoms with E-state index in [2.05, 4.69) is 187 Å². The van der Waals surface area contributed by atoms with Crippen molar-refractivity contribution in [3.05, 3.63) is 224 Å². The van der Waals surface area contributed by atoms with E-state index in [-0.39, 0.29) is 0 Å². The van der Waals surface area contributed by atoms with Crippen LogP contribution in [0.4, 0.5) is 0 Å². The Morgan fingerprint density at radius 3 is 1.20 bits per heavy atom. The number of hydrogen-bond donors (Lipinski definition) is 0. The zero-order valence-electron chi connectivity index (χ0n) is 33.5. The lowest BCUT2D eigenvalue weighted by molar-refractivity contribution is 1.04. The molecule has 11 rings (SSSR count). The molecule has 4 nitrogen and oxygen atoms in total. The molecule has 0 spiro atoms. The van der Waals surface area contributed by atoms with E-state index in [0.717, 1.165) is 62.9 Å². The highest BCUT2D eigenvalue weighted by Crippen LogP contribution is 2.47. The van der Waals surface area contributed by atoms with E-state index in [0.29, 0.717) is 17.5 Å². The van der Waals surface area contributed by atoms with Crippen molar-refractivity contribution in [2.45, 2.75) is 12.8 Å². The summed E-state index contributed by atoms with van der Waals surface area (Å²) in [6.07, 6.45) is 8.94. The molecular weight excluding hydrogens is 741 g/mol. The minimum Gasteiger partial charge on any atom is -0.307 e. The maximum absolute atomic E-state index is 5.25. The summed E-state index contributed by atoms with van der Waals surface area (Å²) in [6.45, 7) is 0. The van der Waals surface area contributed by atoms with E-state index >= 15 is 0 Å². The van der Waals surface area contributed by atoms with Crippen LogP contribution in [0.2, 0.25) is 0 Å². The number of hydrogen-bond acceptors (Lipinski definition) is 3. The van der Waals surface area contributed by atoms with Gasteiger partial charge in [0.25, 0.3) is 0 Å². The van der Waals surface area contributed by atoms with Crippen molar-refractivity contribution in [2.24, 2.45) is 0 Å². The molecule has 0 N–H and O–H groups in total. The summed E-state index contributed by atoms with van der Waals surface area (Å²) in [5.41, 5.74) is 15.4. The van der Waals surface area contributed by atoms with Crippen LogP contribution in [0.3, 0.4) is 0 Å². The van der Waals surface area contributed by atoms with E-state index in [1.807, 2.05) is 36.4 Å². The Hall–Kier alpha value is -7.95. The average Bonchev–Trinajstić information content (AvgIpc) is 3.69. The fourth-order valence-corrected chi connectivity index (χ4v) is 8.85. The smallest absolute Gasteiger partial charge is 0.164 e. The second-order valence-corrected chi connectivity index (χ2v) is 15.4. The van der Waals surface area contributed by atoms with Gasteiger partial charge in [0.1, 0.15) is 0 Å². The molecule has 0 radical (unpaired) electrons. The molecule has 0 fully saturated rings. The van der Waals surface area contributed by atoms with Crippen LogP contribution in [-0.2, 0) is 0 Å². The van der Waals surface area contributed by atoms with Crippen LogP contribution in [0.5, 0.6) is 0 Å². The van der Waals surface area contributed by atoms with Crippen molar-refractivity contribution in [1.29, 1.82) is 0 Å². The Morgan fingerprint density at radius 2 is 0.754 bits per heavy atom. The minimum absolute atomic E-state index is 0.621. The molecule has 0 amide bonds. The molecule has 61 heavy (non-hydrogen) atoms. The lowest BCUT2D eigenvalue weighted by atomic mass is 9.90. The largest absolute Gasteiger partial charge is 0.307 e. The van der Waals surface area contributed by atoms with Gasteiger partial charge in [0.2, 0.25) is 0 Å². The first-order valence-corrected chi connectivity index (χ1v) is 20.9. The molecule has 0 aliphatic heterocycles. The van der Waals surface area contributed by atoms with Gasteiger partial charge in [-0.1, -0.05) is 206 Å². The number of allylic oxidation sites excluding steroid dienone is 4. The van der Waals surface area contributed by atoms with Gasteiger partial charge in [-0.25, -0.2) is 15.0 Å². The molecule has 0 saturated heterocycles. The number of aromatic nitrogens is 4. The third-order valence-corrected chi connectivity index (χ3v) is 11.7. The second kappa shape index (κ2) is 15.7. The van der Waals surface area contributed by atoms with Crippen molar-refractivity contribution in [3.63, 3.8) is 0 Å². The zero-order valence-corrected chi connectivity index (χ0v) is 33.5. The van der Waals surface area contributed by atoms with Gasteiger partial charge in [-0.2, -0.15) is 0 Å². The van der Waals surface area contributed by atoms with Crippen molar-refractivity contribution in [2.75, 3.05) is 0 Å². The summed E-state index contributed by atoms with van der Waals surface area (Å²) in [6, 6.07) is 70.9. The Bertz CT molecular complexity index is 3110. The molecule has 2 heterocycles. The number of benzene rings is 8. The summed E-state index contributed by atoms with van der Waals surface area (Å²) in [7, 11) is 0. The van der Waals surface area contributed by atoms with Crippen LogP contribution >= 0.6 is 0 Å². The molecule has 2 aromatic heterocycles. The lowest BCUT2D eigenvalue weighted by Gasteiger charge is -2.23. The van der Waals surface area contributed by atoms with Gasteiger partial charge < -0.3 is 4.57 Å². The Labute approximate surface area is 355 Å². The van der Waals surface area contributed by atoms with Crippen LogP contribution in [-0.4, -0.2) is 19.5 Å². The van der Waals surface area contributed by atoms with Crippen LogP contribution in [0.15, 0.2) is 218 Å². The van der Waals surface area contributed by atoms with E-state index < -0.39 is 0 Å². The predicted octanol–water partition coefficient (Wildman–Crippen LogP) is 14.7. The van der Waals surface area contributed by atoms with Gasteiger partial charge in [0.15, 0.2) is 17.5 Å².